The summed E-state index contributed by atoms with van der Waals surface area (Å²) in [5, 5.41) is 7.25. The van der Waals surface area contributed by atoms with Crippen molar-refractivity contribution < 1.29 is 9.21 Å². The smallest absolute Gasteiger partial charge is 0.251 e. The van der Waals surface area contributed by atoms with Gasteiger partial charge in [0.2, 0.25) is 0 Å². The minimum atomic E-state index is -0.154. The van der Waals surface area contributed by atoms with Crippen LogP contribution in [0.5, 0.6) is 0 Å². The molecule has 6 nitrogen and oxygen atoms in total. The van der Waals surface area contributed by atoms with Crippen LogP contribution in [0.3, 0.4) is 0 Å². The molecule has 2 heterocycles. The van der Waals surface area contributed by atoms with Crippen molar-refractivity contribution in [3.05, 3.63) is 83.0 Å². The molecular formula is C22H22N4O2. The van der Waals surface area contributed by atoms with Gasteiger partial charge in [-0.2, -0.15) is 5.10 Å². The molecule has 4 rings (SSSR count). The monoisotopic (exact) mass is 374 g/mol. The van der Waals surface area contributed by atoms with Gasteiger partial charge in [-0.05, 0) is 43.2 Å². The van der Waals surface area contributed by atoms with Crippen molar-refractivity contribution in [1.82, 2.24) is 20.1 Å². The molecule has 142 valence electrons. The van der Waals surface area contributed by atoms with Crippen LogP contribution in [-0.4, -0.2) is 20.7 Å². The predicted octanol–water partition coefficient (Wildman–Crippen LogP) is 3.58. The summed E-state index contributed by atoms with van der Waals surface area (Å²) >= 11 is 0. The topological polar surface area (TPSA) is 73.0 Å². The summed E-state index contributed by atoms with van der Waals surface area (Å²) in [6.45, 7) is 2.37. The maximum Gasteiger partial charge on any atom is 0.251 e. The van der Waals surface area contributed by atoms with Gasteiger partial charge >= 0.3 is 0 Å². The zero-order chi connectivity index (χ0) is 19.5. The fraction of sp³-hybridized carbons (Fsp3) is 0.227. The highest BCUT2D eigenvalue weighted by molar-refractivity contribution is 5.97. The number of rotatable bonds is 6. The van der Waals surface area contributed by atoms with E-state index in [1.807, 2.05) is 38.2 Å². The van der Waals surface area contributed by atoms with Gasteiger partial charge in [0.1, 0.15) is 5.52 Å². The molecule has 0 saturated carbocycles. The third-order valence-corrected chi connectivity index (χ3v) is 4.76. The maximum atomic E-state index is 12.5. The minimum Gasteiger partial charge on any atom is -0.441 e. The lowest BCUT2D eigenvalue weighted by molar-refractivity contribution is 0.0950. The molecule has 6 heteroatoms. The molecule has 2 aromatic heterocycles. The summed E-state index contributed by atoms with van der Waals surface area (Å²) < 4.78 is 7.61. The number of nitrogens with zero attached hydrogens (tertiary/aromatic N) is 3. The Morgan fingerprint density at radius 1 is 1.11 bits per heavy atom. The molecule has 0 radical (unpaired) electrons. The SMILES string of the molecule is Cc1cc(CNC(=O)c2ccc3oc(CCc4ccccc4)nc3c2)nn1C. The molecule has 28 heavy (non-hydrogen) atoms. The first kappa shape index (κ1) is 18.0. The predicted molar refractivity (Wildman–Crippen MR) is 107 cm³/mol. The van der Waals surface area contributed by atoms with Gasteiger partial charge in [0.05, 0.1) is 12.2 Å². The van der Waals surface area contributed by atoms with E-state index in [0.717, 1.165) is 24.2 Å². The molecule has 0 aliphatic carbocycles. The Hall–Kier alpha value is -3.41. The first-order chi connectivity index (χ1) is 13.6. The third-order valence-electron chi connectivity index (χ3n) is 4.76. The van der Waals surface area contributed by atoms with E-state index in [0.29, 0.717) is 29.1 Å². The van der Waals surface area contributed by atoms with Crippen LogP contribution in [0.1, 0.15) is 33.2 Å². The number of amides is 1. The first-order valence-corrected chi connectivity index (χ1v) is 9.29. The van der Waals surface area contributed by atoms with E-state index in [-0.39, 0.29) is 5.91 Å². The zero-order valence-corrected chi connectivity index (χ0v) is 16.0. The number of nitrogens with one attached hydrogen (secondary N) is 1. The van der Waals surface area contributed by atoms with Gasteiger partial charge in [-0.3, -0.25) is 9.48 Å². The molecule has 0 atom stereocenters. The van der Waals surface area contributed by atoms with E-state index in [1.165, 1.54) is 5.56 Å². The Morgan fingerprint density at radius 2 is 1.93 bits per heavy atom. The van der Waals surface area contributed by atoms with Gasteiger partial charge in [0, 0.05) is 24.7 Å². The van der Waals surface area contributed by atoms with Crippen molar-refractivity contribution in [1.29, 1.82) is 0 Å². The van der Waals surface area contributed by atoms with Crippen molar-refractivity contribution in [3.63, 3.8) is 0 Å². The number of carbonyl (C=O) groups excluding carboxylic acids is 1. The number of benzene rings is 2. The molecule has 2 aromatic carbocycles. The molecule has 1 amide bonds. The van der Waals surface area contributed by atoms with Gasteiger partial charge in [-0.25, -0.2) is 4.98 Å². The number of oxazole rings is 1. The van der Waals surface area contributed by atoms with Crippen LogP contribution in [0, 0.1) is 6.92 Å². The van der Waals surface area contributed by atoms with E-state index in [1.54, 1.807) is 22.9 Å². The molecular weight excluding hydrogens is 352 g/mol. The van der Waals surface area contributed by atoms with Crippen LogP contribution in [-0.2, 0) is 26.4 Å². The highest BCUT2D eigenvalue weighted by atomic mass is 16.3. The van der Waals surface area contributed by atoms with Crippen LogP contribution < -0.4 is 5.32 Å². The van der Waals surface area contributed by atoms with Crippen LogP contribution in [0.4, 0.5) is 0 Å². The van der Waals surface area contributed by atoms with Crippen molar-refractivity contribution in [2.45, 2.75) is 26.3 Å². The Morgan fingerprint density at radius 3 is 2.68 bits per heavy atom. The number of aromatic nitrogens is 3. The highest BCUT2D eigenvalue weighted by Crippen LogP contribution is 2.19. The molecule has 0 aliphatic rings. The average Bonchev–Trinajstić information content (AvgIpc) is 3.27. The quantitative estimate of drug-likeness (QED) is 0.560. The van der Waals surface area contributed by atoms with Crippen molar-refractivity contribution in [2.24, 2.45) is 7.05 Å². The van der Waals surface area contributed by atoms with Gasteiger partial charge in [-0.1, -0.05) is 30.3 Å². The molecule has 0 spiro atoms. The fourth-order valence-electron chi connectivity index (χ4n) is 3.11. The lowest BCUT2D eigenvalue weighted by atomic mass is 10.1. The normalized spacial score (nSPS) is 11.1. The number of aryl methyl sites for hydroxylation is 4. The van der Waals surface area contributed by atoms with Gasteiger partial charge < -0.3 is 9.73 Å². The summed E-state index contributed by atoms with van der Waals surface area (Å²) in [5.41, 5.74) is 5.08. The number of hydrogen-bond donors (Lipinski definition) is 1. The summed E-state index contributed by atoms with van der Waals surface area (Å²) in [5.74, 6) is 0.527. The molecule has 0 saturated heterocycles. The number of fused-ring (bicyclic) bond motifs is 1. The summed E-state index contributed by atoms with van der Waals surface area (Å²) in [4.78, 5) is 17.0. The van der Waals surface area contributed by atoms with E-state index in [4.69, 9.17) is 4.42 Å². The second-order valence-electron chi connectivity index (χ2n) is 6.86. The second kappa shape index (κ2) is 7.68. The summed E-state index contributed by atoms with van der Waals surface area (Å²) in [6, 6.07) is 17.5. The number of carbonyl (C=O) groups is 1. The van der Waals surface area contributed by atoms with Crippen LogP contribution in [0.2, 0.25) is 0 Å². The molecule has 0 fully saturated rings. The number of hydrogen-bond acceptors (Lipinski definition) is 4. The van der Waals surface area contributed by atoms with E-state index >= 15 is 0 Å². The summed E-state index contributed by atoms with van der Waals surface area (Å²) in [6.07, 6.45) is 1.59. The van der Waals surface area contributed by atoms with E-state index in [2.05, 4.69) is 27.5 Å². The van der Waals surface area contributed by atoms with Crippen molar-refractivity contribution in [2.75, 3.05) is 0 Å². The van der Waals surface area contributed by atoms with Gasteiger partial charge in [0.25, 0.3) is 5.91 Å². The van der Waals surface area contributed by atoms with Gasteiger partial charge in [0.15, 0.2) is 11.5 Å². The van der Waals surface area contributed by atoms with Crippen molar-refractivity contribution >= 4 is 17.0 Å². The maximum absolute atomic E-state index is 12.5. The standard InChI is InChI=1S/C22H22N4O2/c1-15-12-18(25-26(15)2)14-23-22(27)17-9-10-20-19(13-17)24-21(28-20)11-8-16-6-4-3-5-7-16/h3-7,9-10,12-13H,8,11,14H2,1-2H3,(H,23,27). The van der Waals surface area contributed by atoms with Crippen LogP contribution in [0.15, 0.2) is 59.0 Å². The fourth-order valence-corrected chi connectivity index (χ4v) is 3.11. The van der Waals surface area contributed by atoms with E-state index < -0.39 is 0 Å². The van der Waals surface area contributed by atoms with E-state index in [9.17, 15) is 4.79 Å². The molecule has 1 N–H and O–H groups in total. The zero-order valence-electron chi connectivity index (χ0n) is 16.0. The molecule has 0 unspecified atom stereocenters. The first-order valence-electron chi connectivity index (χ1n) is 9.29. The van der Waals surface area contributed by atoms with Crippen LogP contribution in [0.25, 0.3) is 11.1 Å². The third kappa shape index (κ3) is 3.96. The lowest BCUT2D eigenvalue weighted by Crippen LogP contribution is -2.23. The second-order valence-corrected chi connectivity index (χ2v) is 6.86. The molecule has 4 aromatic rings. The Balaban J connectivity index is 1.42. The summed E-state index contributed by atoms with van der Waals surface area (Å²) in [7, 11) is 1.88. The average molecular weight is 374 g/mol. The Labute approximate surface area is 163 Å². The Kier molecular flexibility index (Phi) is 4.93. The lowest BCUT2D eigenvalue weighted by Gasteiger charge is -2.02. The molecule has 0 aliphatic heterocycles. The molecule has 0 bridgehead atoms. The van der Waals surface area contributed by atoms with Crippen LogP contribution >= 0.6 is 0 Å². The highest BCUT2D eigenvalue weighted by Gasteiger charge is 2.12. The largest absolute Gasteiger partial charge is 0.441 e. The van der Waals surface area contributed by atoms with Crippen molar-refractivity contribution in [3.8, 4) is 0 Å². The van der Waals surface area contributed by atoms with Gasteiger partial charge in [-0.15, -0.1) is 0 Å². The minimum absolute atomic E-state index is 0.154. The Bertz CT molecular complexity index is 1090.